The van der Waals surface area contributed by atoms with Crippen molar-refractivity contribution in [3.8, 4) is 0 Å². The second-order valence-electron chi connectivity index (χ2n) is 5.33. The molecule has 1 heterocycles. The Morgan fingerprint density at radius 3 is 2.65 bits per heavy atom. The SMILES string of the molecule is CC(C)CCNC(N)=NCC(c1ccco1)N(C)C.I. The van der Waals surface area contributed by atoms with Gasteiger partial charge in [-0.15, -0.1) is 24.0 Å². The first-order valence-corrected chi connectivity index (χ1v) is 6.74. The first-order chi connectivity index (χ1) is 9.00. The van der Waals surface area contributed by atoms with Crippen LogP contribution in [0, 0.1) is 5.92 Å². The van der Waals surface area contributed by atoms with E-state index < -0.39 is 0 Å². The van der Waals surface area contributed by atoms with Crippen molar-refractivity contribution in [2.45, 2.75) is 26.3 Å². The van der Waals surface area contributed by atoms with E-state index in [0.29, 0.717) is 18.4 Å². The molecule has 1 aromatic heterocycles. The molecule has 5 nitrogen and oxygen atoms in total. The average molecular weight is 394 g/mol. The van der Waals surface area contributed by atoms with Gasteiger partial charge < -0.3 is 15.5 Å². The van der Waals surface area contributed by atoms with Gasteiger partial charge in [0.2, 0.25) is 0 Å². The molecule has 20 heavy (non-hydrogen) atoms. The van der Waals surface area contributed by atoms with E-state index in [-0.39, 0.29) is 30.0 Å². The van der Waals surface area contributed by atoms with E-state index in [9.17, 15) is 0 Å². The number of likely N-dealkylation sites (N-methyl/N-ethyl adjacent to an activating group) is 1. The molecule has 0 bridgehead atoms. The lowest BCUT2D eigenvalue weighted by Gasteiger charge is -2.20. The van der Waals surface area contributed by atoms with Gasteiger partial charge in [-0.2, -0.15) is 0 Å². The average Bonchev–Trinajstić information content (AvgIpc) is 2.82. The number of hydrogen-bond acceptors (Lipinski definition) is 3. The fourth-order valence-corrected chi connectivity index (χ4v) is 1.72. The fourth-order valence-electron chi connectivity index (χ4n) is 1.72. The summed E-state index contributed by atoms with van der Waals surface area (Å²) < 4.78 is 5.43. The van der Waals surface area contributed by atoms with Gasteiger partial charge in [-0.05, 0) is 38.6 Å². The first-order valence-electron chi connectivity index (χ1n) is 6.74. The molecule has 0 saturated heterocycles. The highest BCUT2D eigenvalue weighted by molar-refractivity contribution is 14.0. The number of hydrogen-bond donors (Lipinski definition) is 2. The number of nitrogens with two attached hydrogens (primary N) is 1. The quantitative estimate of drug-likeness (QED) is 0.424. The van der Waals surface area contributed by atoms with Crippen LogP contribution in [-0.4, -0.2) is 38.0 Å². The van der Waals surface area contributed by atoms with Crippen molar-refractivity contribution < 1.29 is 4.42 Å². The van der Waals surface area contributed by atoms with Gasteiger partial charge in [0.05, 0.1) is 18.8 Å². The molecule has 116 valence electrons. The molecule has 0 spiro atoms. The van der Waals surface area contributed by atoms with Crippen LogP contribution >= 0.6 is 24.0 Å². The standard InChI is InChI=1S/C14H26N4O.HI/c1-11(2)7-8-16-14(15)17-10-12(18(3)4)13-6-5-9-19-13;/h5-6,9,11-12H,7-8,10H2,1-4H3,(H3,15,16,17);1H. The number of rotatable bonds is 7. The molecule has 1 aromatic rings. The lowest BCUT2D eigenvalue weighted by molar-refractivity contribution is 0.265. The van der Waals surface area contributed by atoms with Crippen molar-refractivity contribution >= 4 is 29.9 Å². The molecule has 6 heteroatoms. The van der Waals surface area contributed by atoms with Crippen molar-refractivity contribution in [3.63, 3.8) is 0 Å². The van der Waals surface area contributed by atoms with Crippen LogP contribution in [0.4, 0.5) is 0 Å². The molecule has 1 unspecified atom stereocenters. The van der Waals surface area contributed by atoms with Gasteiger partial charge in [0.1, 0.15) is 5.76 Å². The summed E-state index contributed by atoms with van der Waals surface area (Å²) in [6.45, 7) is 5.82. The molecule has 0 aliphatic heterocycles. The fraction of sp³-hybridized carbons (Fsp3) is 0.643. The summed E-state index contributed by atoms with van der Waals surface area (Å²) in [4.78, 5) is 6.45. The summed E-state index contributed by atoms with van der Waals surface area (Å²) in [5.41, 5.74) is 5.85. The third-order valence-electron chi connectivity index (χ3n) is 2.96. The van der Waals surface area contributed by atoms with Gasteiger partial charge >= 0.3 is 0 Å². The van der Waals surface area contributed by atoms with E-state index in [2.05, 4.69) is 29.1 Å². The van der Waals surface area contributed by atoms with Gasteiger partial charge in [0, 0.05) is 6.54 Å². The molecule has 0 fully saturated rings. The molecule has 1 atom stereocenters. The van der Waals surface area contributed by atoms with Gasteiger partial charge in [-0.1, -0.05) is 13.8 Å². The predicted molar refractivity (Wildman–Crippen MR) is 94.5 cm³/mol. The Morgan fingerprint density at radius 2 is 2.15 bits per heavy atom. The van der Waals surface area contributed by atoms with Crippen LogP contribution in [0.3, 0.4) is 0 Å². The second kappa shape index (κ2) is 10.0. The third kappa shape index (κ3) is 7.14. The van der Waals surface area contributed by atoms with Crippen LogP contribution in [-0.2, 0) is 0 Å². The van der Waals surface area contributed by atoms with Gasteiger partial charge in [0.25, 0.3) is 0 Å². The van der Waals surface area contributed by atoms with E-state index >= 15 is 0 Å². The highest BCUT2D eigenvalue weighted by Gasteiger charge is 2.16. The summed E-state index contributed by atoms with van der Waals surface area (Å²) in [5.74, 6) is 2.07. The van der Waals surface area contributed by atoms with Gasteiger partial charge in [-0.3, -0.25) is 9.89 Å². The van der Waals surface area contributed by atoms with Crippen LogP contribution in [0.25, 0.3) is 0 Å². The zero-order chi connectivity index (χ0) is 14.3. The molecule has 0 radical (unpaired) electrons. The minimum absolute atomic E-state index is 0. The zero-order valence-corrected chi connectivity index (χ0v) is 15.1. The van der Waals surface area contributed by atoms with E-state index in [1.54, 1.807) is 6.26 Å². The largest absolute Gasteiger partial charge is 0.468 e. The summed E-state index contributed by atoms with van der Waals surface area (Å²) >= 11 is 0. The van der Waals surface area contributed by atoms with Gasteiger partial charge in [0.15, 0.2) is 5.96 Å². The number of furan rings is 1. The number of aliphatic imine (C=N–C) groups is 1. The summed E-state index contributed by atoms with van der Waals surface area (Å²) in [6.07, 6.45) is 2.77. The number of guanidine groups is 1. The molecule has 3 N–H and O–H groups in total. The Bertz CT molecular complexity index is 377. The van der Waals surface area contributed by atoms with Crippen molar-refractivity contribution in [2.24, 2.45) is 16.6 Å². The lowest BCUT2D eigenvalue weighted by atomic mass is 10.1. The highest BCUT2D eigenvalue weighted by atomic mass is 127. The normalized spacial score (nSPS) is 13.4. The van der Waals surface area contributed by atoms with Gasteiger partial charge in [-0.25, -0.2) is 0 Å². The Kier molecular flexibility index (Phi) is 9.66. The van der Waals surface area contributed by atoms with Crippen molar-refractivity contribution in [2.75, 3.05) is 27.2 Å². The Morgan fingerprint density at radius 1 is 1.45 bits per heavy atom. The Hall–Kier alpha value is -0.760. The Balaban J connectivity index is 0.00000361. The smallest absolute Gasteiger partial charge is 0.188 e. The molecule has 0 saturated carbocycles. The summed E-state index contributed by atoms with van der Waals surface area (Å²) in [6, 6.07) is 3.96. The maximum Gasteiger partial charge on any atom is 0.188 e. The van der Waals surface area contributed by atoms with Crippen molar-refractivity contribution in [3.05, 3.63) is 24.2 Å². The Labute approximate surface area is 139 Å². The van der Waals surface area contributed by atoms with Crippen LogP contribution in [0.15, 0.2) is 27.8 Å². The number of halogens is 1. The number of nitrogens with one attached hydrogen (secondary N) is 1. The molecule has 0 amide bonds. The first kappa shape index (κ1) is 19.2. The third-order valence-corrected chi connectivity index (χ3v) is 2.96. The van der Waals surface area contributed by atoms with E-state index in [4.69, 9.17) is 10.2 Å². The van der Waals surface area contributed by atoms with E-state index in [1.165, 1.54) is 0 Å². The molecule has 0 aliphatic carbocycles. The van der Waals surface area contributed by atoms with E-state index in [0.717, 1.165) is 18.7 Å². The molecule has 0 aliphatic rings. The van der Waals surface area contributed by atoms with Crippen molar-refractivity contribution in [1.82, 2.24) is 10.2 Å². The topological polar surface area (TPSA) is 66.8 Å². The van der Waals surface area contributed by atoms with Crippen LogP contribution in [0.1, 0.15) is 32.1 Å². The van der Waals surface area contributed by atoms with Crippen LogP contribution in [0.2, 0.25) is 0 Å². The van der Waals surface area contributed by atoms with Crippen LogP contribution in [0.5, 0.6) is 0 Å². The molecular formula is C14H27IN4O. The van der Waals surface area contributed by atoms with Crippen molar-refractivity contribution in [1.29, 1.82) is 0 Å². The maximum atomic E-state index is 5.85. The van der Waals surface area contributed by atoms with Crippen LogP contribution < -0.4 is 11.1 Å². The molecule has 0 aromatic carbocycles. The minimum atomic E-state index is 0. The molecule has 1 rings (SSSR count). The van der Waals surface area contributed by atoms with E-state index in [1.807, 2.05) is 26.2 Å². The predicted octanol–water partition coefficient (Wildman–Crippen LogP) is 2.45. The lowest BCUT2D eigenvalue weighted by Crippen LogP contribution is -2.34. The maximum absolute atomic E-state index is 5.85. The summed E-state index contributed by atoms with van der Waals surface area (Å²) in [5, 5.41) is 3.13. The monoisotopic (exact) mass is 394 g/mol. The number of nitrogens with zero attached hydrogens (tertiary/aromatic N) is 2. The minimum Gasteiger partial charge on any atom is -0.468 e. The zero-order valence-electron chi connectivity index (χ0n) is 12.8. The highest BCUT2D eigenvalue weighted by Crippen LogP contribution is 2.18. The summed E-state index contributed by atoms with van der Waals surface area (Å²) in [7, 11) is 4.01. The molecular weight excluding hydrogens is 367 g/mol. The second-order valence-corrected chi connectivity index (χ2v) is 5.33.